The molecule has 0 aromatic heterocycles. The summed E-state index contributed by atoms with van der Waals surface area (Å²) in [4.78, 5) is 11.3. The lowest BCUT2D eigenvalue weighted by atomic mass is 9.90. The lowest BCUT2D eigenvalue weighted by Crippen LogP contribution is -2.32. The summed E-state index contributed by atoms with van der Waals surface area (Å²) in [6, 6.07) is 2.85. The number of carboxylic acid groups (broad SMARTS) is 1. The summed E-state index contributed by atoms with van der Waals surface area (Å²) in [5.41, 5.74) is 1.58. The largest absolute Gasteiger partial charge is 0.478 e. The van der Waals surface area contributed by atoms with Gasteiger partial charge in [0.2, 0.25) is 10.0 Å². The number of hydrogen-bond donors (Lipinski definition) is 2. The number of nitrogens with one attached hydrogen (secondary N) is 1. The highest BCUT2D eigenvalue weighted by atomic mass is 32.2. The number of carboxylic acids is 1. The molecule has 22 heavy (non-hydrogen) atoms. The van der Waals surface area contributed by atoms with E-state index in [0.29, 0.717) is 12.8 Å². The topological polar surface area (TPSA) is 92.7 Å². The summed E-state index contributed by atoms with van der Waals surface area (Å²) in [5.74, 6) is -1.12. The molecule has 7 heteroatoms. The zero-order valence-corrected chi connectivity index (χ0v) is 13.6. The molecule has 0 heterocycles. The number of ether oxygens (including phenoxy) is 1. The summed E-state index contributed by atoms with van der Waals surface area (Å²) in [7, 11) is -2.25. The predicted octanol–water partition coefficient (Wildman–Crippen LogP) is 1.58. The Labute approximate surface area is 130 Å². The standard InChI is InChI=1S/C15H21NO5S/c1-10(21-2)9-16-22(19,20)14-8-12(15(17)18)7-11-5-3-4-6-13(11)14/h7-8,10,16H,3-6,9H2,1-2H3,(H,17,18)/t10-/m0/s1. The van der Waals surface area contributed by atoms with Gasteiger partial charge < -0.3 is 9.84 Å². The van der Waals surface area contributed by atoms with Crippen LogP contribution in [0.5, 0.6) is 0 Å². The molecule has 0 aliphatic heterocycles. The Bertz CT molecular complexity index is 669. The SMILES string of the molecule is CO[C@@H](C)CNS(=O)(=O)c1cc(C(=O)O)cc2c1CCCC2. The number of methoxy groups -OCH3 is 1. The molecule has 1 aromatic carbocycles. The third kappa shape index (κ3) is 3.66. The Morgan fingerprint density at radius 3 is 2.68 bits per heavy atom. The first-order valence-corrected chi connectivity index (χ1v) is 8.75. The number of carbonyl (C=O) groups is 1. The first-order chi connectivity index (χ1) is 10.3. The quantitative estimate of drug-likeness (QED) is 0.827. The van der Waals surface area contributed by atoms with Gasteiger partial charge in [0.05, 0.1) is 16.6 Å². The molecule has 0 bridgehead atoms. The van der Waals surface area contributed by atoms with E-state index in [1.54, 1.807) is 13.0 Å². The summed E-state index contributed by atoms with van der Waals surface area (Å²) in [6.07, 6.45) is 2.98. The van der Waals surface area contributed by atoms with Gasteiger partial charge in [0.25, 0.3) is 0 Å². The van der Waals surface area contributed by atoms with Gasteiger partial charge in [-0.15, -0.1) is 0 Å². The summed E-state index contributed by atoms with van der Waals surface area (Å²) >= 11 is 0. The minimum atomic E-state index is -3.76. The average molecular weight is 327 g/mol. The molecule has 1 atom stereocenters. The van der Waals surface area contributed by atoms with Crippen LogP contribution >= 0.6 is 0 Å². The highest BCUT2D eigenvalue weighted by molar-refractivity contribution is 7.89. The second kappa shape index (κ2) is 6.76. The second-order valence-electron chi connectivity index (χ2n) is 5.52. The van der Waals surface area contributed by atoms with Gasteiger partial charge in [0, 0.05) is 13.7 Å². The molecule has 0 amide bonds. The van der Waals surface area contributed by atoms with Crippen LogP contribution in [-0.4, -0.2) is 39.3 Å². The van der Waals surface area contributed by atoms with Crippen molar-refractivity contribution in [3.63, 3.8) is 0 Å². The van der Waals surface area contributed by atoms with Crippen molar-refractivity contribution in [2.45, 2.75) is 43.6 Å². The van der Waals surface area contributed by atoms with Crippen molar-refractivity contribution in [3.05, 3.63) is 28.8 Å². The number of fused-ring (bicyclic) bond motifs is 1. The lowest BCUT2D eigenvalue weighted by molar-refractivity contribution is 0.0696. The first-order valence-electron chi connectivity index (χ1n) is 7.26. The van der Waals surface area contributed by atoms with Crippen molar-refractivity contribution >= 4 is 16.0 Å². The maximum atomic E-state index is 12.5. The molecule has 0 spiro atoms. The Hall–Kier alpha value is -1.44. The molecule has 0 radical (unpaired) electrons. The maximum Gasteiger partial charge on any atom is 0.335 e. The van der Waals surface area contributed by atoms with E-state index in [2.05, 4.69) is 4.72 Å². The molecule has 122 valence electrons. The molecule has 2 N–H and O–H groups in total. The van der Waals surface area contributed by atoms with E-state index in [4.69, 9.17) is 4.74 Å². The maximum absolute atomic E-state index is 12.5. The number of sulfonamides is 1. The Balaban J connectivity index is 2.44. The highest BCUT2D eigenvalue weighted by Crippen LogP contribution is 2.29. The van der Waals surface area contributed by atoms with Gasteiger partial charge in [0.15, 0.2) is 0 Å². The normalized spacial score (nSPS) is 16.1. The van der Waals surface area contributed by atoms with E-state index in [1.807, 2.05) is 0 Å². The summed E-state index contributed by atoms with van der Waals surface area (Å²) < 4.78 is 32.6. The van der Waals surface area contributed by atoms with Crippen LogP contribution in [0, 0.1) is 0 Å². The van der Waals surface area contributed by atoms with Gasteiger partial charge in [-0.2, -0.15) is 0 Å². The number of rotatable bonds is 6. The van der Waals surface area contributed by atoms with Crippen LogP contribution in [0.25, 0.3) is 0 Å². The summed E-state index contributed by atoms with van der Waals surface area (Å²) in [5, 5.41) is 9.20. The van der Waals surface area contributed by atoms with E-state index in [9.17, 15) is 18.3 Å². The summed E-state index contributed by atoms with van der Waals surface area (Å²) in [6.45, 7) is 1.90. The fourth-order valence-electron chi connectivity index (χ4n) is 2.58. The van der Waals surface area contributed by atoms with Crippen molar-refractivity contribution in [1.82, 2.24) is 4.72 Å². The number of aromatic carboxylic acids is 1. The highest BCUT2D eigenvalue weighted by Gasteiger charge is 2.25. The van der Waals surface area contributed by atoms with Crippen LogP contribution in [0.3, 0.4) is 0 Å². The van der Waals surface area contributed by atoms with E-state index >= 15 is 0 Å². The van der Waals surface area contributed by atoms with Crippen molar-refractivity contribution in [2.24, 2.45) is 0 Å². The number of benzene rings is 1. The van der Waals surface area contributed by atoms with Crippen LogP contribution in [0.1, 0.15) is 41.3 Å². The molecule has 0 fully saturated rings. The minimum Gasteiger partial charge on any atom is -0.478 e. The van der Waals surface area contributed by atoms with Crippen LogP contribution < -0.4 is 4.72 Å². The van der Waals surface area contributed by atoms with E-state index in [0.717, 1.165) is 24.0 Å². The zero-order valence-electron chi connectivity index (χ0n) is 12.8. The smallest absolute Gasteiger partial charge is 0.335 e. The van der Waals surface area contributed by atoms with Gasteiger partial charge in [-0.05, 0) is 55.9 Å². The Morgan fingerprint density at radius 2 is 2.05 bits per heavy atom. The predicted molar refractivity (Wildman–Crippen MR) is 81.7 cm³/mol. The van der Waals surface area contributed by atoms with Gasteiger partial charge >= 0.3 is 5.97 Å². The third-order valence-corrected chi connectivity index (χ3v) is 5.41. The van der Waals surface area contributed by atoms with Crippen molar-refractivity contribution in [2.75, 3.05) is 13.7 Å². The Morgan fingerprint density at radius 1 is 1.36 bits per heavy atom. The Kier molecular flexibility index (Phi) is 5.20. The van der Waals surface area contributed by atoms with Crippen molar-refractivity contribution in [1.29, 1.82) is 0 Å². The first kappa shape index (κ1) is 16.9. The molecule has 1 aliphatic carbocycles. The molecular formula is C15H21NO5S. The molecular weight excluding hydrogens is 306 g/mol. The second-order valence-corrected chi connectivity index (χ2v) is 7.26. The van der Waals surface area contributed by atoms with Crippen LogP contribution in [-0.2, 0) is 27.6 Å². The van der Waals surface area contributed by atoms with Crippen LogP contribution in [0.2, 0.25) is 0 Å². The molecule has 0 saturated carbocycles. The monoisotopic (exact) mass is 327 g/mol. The fraction of sp³-hybridized carbons (Fsp3) is 0.533. The number of hydrogen-bond acceptors (Lipinski definition) is 4. The van der Waals surface area contributed by atoms with Gasteiger partial charge in [0.1, 0.15) is 0 Å². The molecule has 1 aromatic rings. The van der Waals surface area contributed by atoms with Crippen LogP contribution in [0.15, 0.2) is 17.0 Å². The van der Waals surface area contributed by atoms with Crippen molar-refractivity contribution in [3.8, 4) is 0 Å². The van der Waals surface area contributed by atoms with Gasteiger partial charge in [-0.3, -0.25) is 0 Å². The molecule has 1 aliphatic rings. The molecule has 0 saturated heterocycles. The van der Waals surface area contributed by atoms with Gasteiger partial charge in [-0.1, -0.05) is 0 Å². The fourth-order valence-corrected chi connectivity index (χ4v) is 4.03. The van der Waals surface area contributed by atoms with Gasteiger partial charge in [-0.25, -0.2) is 17.9 Å². The molecule has 0 unspecified atom stereocenters. The molecule has 6 nitrogen and oxygen atoms in total. The van der Waals surface area contributed by atoms with E-state index in [1.165, 1.54) is 13.2 Å². The zero-order chi connectivity index (χ0) is 16.3. The minimum absolute atomic E-state index is 0.0146. The number of aryl methyl sites for hydroxylation is 1. The third-order valence-electron chi connectivity index (χ3n) is 3.92. The van der Waals surface area contributed by atoms with Crippen LogP contribution in [0.4, 0.5) is 0 Å². The van der Waals surface area contributed by atoms with E-state index in [-0.39, 0.29) is 23.1 Å². The lowest BCUT2D eigenvalue weighted by Gasteiger charge is -2.21. The molecule has 2 rings (SSSR count). The van der Waals surface area contributed by atoms with Crippen molar-refractivity contribution < 1.29 is 23.1 Å². The average Bonchev–Trinajstić information content (AvgIpc) is 2.51. The van der Waals surface area contributed by atoms with E-state index < -0.39 is 16.0 Å².